The van der Waals surface area contributed by atoms with Crippen molar-refractivity contribution in [2.75, 3.05) is 19.0 Å². The number of ether oxygens (including phenoxy) is 2. The summed E-state index contributed by atoms with van der Waals surface area (Å²) >= 11 is 0. The van der Waals surface area contributed by atoms with Gasteiger partial charge in [0, 0.05) is 18.8 Å². The molecule has 94 valence electrons. The number of aromatic nitrogens is 2. The molecule has 0 atom stereocenters. The van der Waals surface area contributed by atoms with Crippen molar-refractivity contribution in [3.63, 3.8) is 0 Å². The quantitative estimate of drug-likeness (QED) is 0.877. The van der Waals surface area contributed by atoms with E-state index in [2.05, 4.69) is 15.3 Å². The molecule has 0 unspecified atom stereocenters. The van der Waals surface area contributed by atoms with Crippen molar-refractivity contribution in [2.45, 2.75) is 6.92 Å². The van der Waals surface area contributed by atoms with Crippen LogP contribution in [0.5, 0.6) is 17.4 Å². The van der Waals surface area contributed by atoms with E-state index in [0.29, 0.717) is 23.3 Å². The van der Waals surface area contributed by atoms with Gasteiger partial charge >= 0.3 is 0 Å². The van der Waals surface area contributed by atoms with Crippen LogP contribution in [0.25, 0.3) is 0 Å². The van der Waals surface area contributed by atoms with Crippen LogP contribution in [0.3, 0.4) is 0 Å². The number of hydrogen-bond acceptors (Lipinski definition) is 5. The van der Waals surface area contributed by atoms with Crippen LogP contribution in [0.2, 0.25) is 0 Å². The Bertz CT molecular complexity index is 517. The van der Waals surface area contributed by atoms with Gasteiger partial charge in [-0.15, -0.1) is 0 Å². The lowest BCUT2D eigenvalue weighted by Crippen LogP contribution is -2.02. The van der Waals surface area contributed by atoms with E-state index in [1.807, 2.05) is 31.2 Å². The first-order valence-electron chi connectivity index (χ1n) is 5.71. The maximum absolute atomic E-state index is 5.67. The minimum absolute atomic E-state index is 0.477. The molecule has 0 bridgehead atoms. The zero-order valence-electron chi connectivity index (χ0n) is 10.4. The largest absolute Gasteiger partial charge is 0.493 e. The predicted octanol–water partition coefficient (Wildman–Crippen LogP) is 2.71. The third kappa shape index (κ3) is 2.88. The first kappa shape index (κ1) is 12.2. The minimum Gasteiger partial charge on any atom is -0.493 e. The normalized spacial score (nSPS) is 9.89. The van der Waals surface area contributed by atoms with E-state index in [0.717, 1.165) is 6.54 Å². The van der Waals surface area contributed by atoms with Crippen molar-refractivity contribution >= 4 is 5.95 Å². The Morgan fingerprint density at radius 1 is 1.17 bits per heavy atom. The highest BCUT2D eigenvalue weighted by Crippen LogP contribution is 2.29. The molecule has 2 rings (SSSR count). The van der Waals surface area contributed by atoms with Gasteiger partial charge in [0.05, 0.1) is 7.11 Å². The Kier molecular flexibility index (Phi) is 3.96. The van der Waals surface area contributed by atoms with Crippen LogP contribution >= 0.6 is 0 Å². The molecule has 18 heavy (non-hydrogen) atoms. The summed E-state index contributed by atoms with van der Waals surface area (Å²) < 4.78 is 10.9. The Hall–Kier alpha value is -2.30. The zero-order chi connectivity index (χ0) is 12.8. The molecule has 0 saturated heterocycles. The molecule has 1 heterocycles. The molecule has 0 radical (unpaired) electrons. The molecule has 5 heteroatoms. The molecule has 5 nitrogen and oxygen atoms in total. The Morgan fingerprint density at radius 2 is 1.94 bits per heavy atom. The van der Waals surface area contributed by atoms with Crippen molar-refractivity contribution in [2.24, 2.45) is 0 Å². The smallest absolute Gasteiger partial charge is 0.225 e. The van der Waals surface area contributed by atoms with Crippen LogP contribution in [0, 0.1) is 0 Å². The van der Waals surface area contributed by atoms with E-state index >= 15 is 0 Å². The number of anilines is 1. The highest BCUT2D eigenvalue weighted by Gasteiger charge is 2.05. The van der Waals surface area contributed by atoms with E-state index in [-0.39, 0.29) is 0 Å². The lowest BCUT2D eigenvalue weighted by atomic mass is 10.3. The molecule has 1 aromatic carbocycles. The monoisotopic (exact) mass is 245 g/mol. The summed E-state index contributed by atoms with van der Waals surface area (Å²) in [5.74, 6) is 2.32. The van der Waals surface area contributed by atoms with Gasteiger partial charge in [0.15, 0.2) is 11.5 Å². The fourth-order valence-corrected chi connectivity index (χ4v) is 1.46. The molecule has 1 N–H and O–H groups in total. The molecule has 0 aliphatic heterocycles. The number of benzene rings is 1. The molecule has 0 aliphatic rings. The second-order valence-electron chi connectivity index (χ2n) is 3.50. The second kappa shape index (κ2) is 5.86. The number of nitrogens with zero attached hydrogens (tertiary/aromatic N) is 2. The van der Waals surface area contributed by atoms with Crippen LogP contribution in [-0.2, 0) is 0 Å². The van der Waals surface area contributed by atoms with E-state index in [9.17, 15) is 0 Å². The summed E-state index contributed by atoms with van der Waals surface area (Å²) in [6.45, 7) is 2.75. The van der Waals surface area contributed by atoms with Crippen molar-refractivity contribution in [1.29, 1.82) is 0 Å². The summed E-state index contributed by atoms with van der Waals surface area (Å²) in [4.78, 5) is 8.31. The van der Waals surface area contributed by atoms with Gasteiger partial charge in [-0.2, -0.15) is 4.98 Å². The minimum atomic E-state index is 0.477. The van der Waals surface area contributed by atoms with Gasteiger partial charge in [-0.3, -0.25) is 0 Å². The molecule has 0 spiro atoms. The van der Waals surface area contributed by atoms with Crippen molar-refractivity contribution in [3.8, 4) is 17.4 Å². The number of para-hydroxylation sites is 2. The number of rotatable bonds is 5. The third-order valence-electron chi connectivity index (χ3n) is 2.25. The Balaban J connectivity index is 2.20. The van der Waals surface area contributed by atoms with Crippen molar-refractivity contribution < 1.29 is 9.47 Å². The topological polar surface area (TPSA) is 56.3 Å². The van der Waals surface area contributed by atoms with Gasteiger partial charge in [0.2, 0.25) is 11.8 Å². The first-order chi connectivity index (χ1) is 8.83. The summed E-state index contributed by atoms with van der Waals surface area (Å²) in [6.07, 6.45) is 1.65. The van der Waals surface area contributed by atoms with Crippen molar-refractivity contribution in [1.82, 2.24) is 9.97 Å². The van der Waals surface area contributed by atoms with Crippen LogP contribution in [-0.4, -0.2) is 23.6 Å². The number of nitrogens with one attached hydrogen (secondary N) is 1. The Morgan fingerprint density at radius 3 is 2.67 bits per heavy atom. The van der Waals surface area contributed by atoms with Gasteiger partial charge in [-0.05, 0) is 19.1 Å². The predicted molar refractivity (Wildman–Crippen MR) is 69.3 cm³/mol. The molecule has 1 aromatic heterocycles. The van der Waals surface area contributed by atoms with Crippen LogP contribution in [0.15, 0.2) is 36.5 Å². The maximum atomic E-state index is 5.67. The standard InChI is InChI=1S/C13H15N3O2/c1-3-14-13-15-9-8-12(16-13)18-11-7-5-4-6-10(11)17-2/h4-9H,3H2,1-2H3,(H,14,15,16). The number of methoxy groups -OCH3 is 1. The summed E-state index contributed by atoms with van der Waals surface area (Å²) in [7, 11) is 1.60. The first-order valence-corrected chi connectivity index (χ1v) is 5.71. The molecule has 2 aromatic rings. The maximum Gasteiger partial charge on any atom is 0.225 e. The fourth-order valence-electron chi connectivity index (χ4n) is 1.46. The van der Waals surface area contributed by atoms with Gasteiger partial charge in [0.1, 0.15) is 0 Å². The van der Waals surface area contributed by atoms with Gasteiger partial charge in [0.25, 0.3) is 0 Å². The fraction of sp³-hybridized carbons (Fsp3) is 0.231. The highest BCUT2D eigenvalue weighted by atomic mass is 16.5. The average Bonchev–Trinajstić information content (AvgIpc) is 2.40. The lowest BCUT2D eigenvalue weighted by molar-refractivity contribution is 0.374. The van der Waals surface area contributed by atoms with Gasteiger partial charge in [-0.1, -0.05) is 12.1 Å². The zero-order valence-corrected chi connectivity index (χ0v) is 10.4. The van der Waals surface area contributed by atoms with E-state index in [4.69, 9.17) is 9.47 Å². The SMILES string of the molecule is CCNc1nccc(Oc2ccccc2OC)n1. The third-order valence-corrected chi connectivity index (χ3v) is 2.25. The molecule has 0 saturated carbocycles. The van der Waals surface area contributed by atoms with Gasteiger partial charge < -0.3 is 14.8 Å². The van der Waals surface area contributed by atoms with E-state index in [1.165, 1.54) is 0 Å². The van der Waals surface area contributed by atoms with E-state index in [1.54, 1.807) is 19.4 Å². The number of hydrogen-bond donors (Lipinski definition) is 1. The molecule has 0 aliphatic carbocycles. The summed E-state index contributed by atoms with van der Waals surface area (Å²) in [6, 6.07) is 9.13. The van der Waals surface area contributed by atoms with Crippen LogP contribution in [0.4, 0.5) is 5.95 Å². The molecule has 0 amide bonds. The molecule has 0 fully saturated rings. The second-order valence-corrected chi connectivity index (χ2v) is 3.50. The summed E-state index contributed by atoms with van der Waals surface area (Å²) in [5, 5.41) is 3.03. The molecular formula is C13H15N3O2. The van der Waals surface area contributed by atoms with Crippen LogP contribution < -0.4 is 14.8 Å². The van der Waals surface area contributed by atoms with E-state index < -0.39 is 0 Å². The van der Waals surface area contributed by atoms with Crippen LogP contribution in [0.1, 0.15) is 6.92 Å². The highest BCUT2D eigenvalue weighted by molar-refractivity contribution is 5.42. The average molecular weight is 245 g/mol. The van der Waals surface area contributed by atoms with Gasteiger partial charge in [-0.25, -0.2) is 4.98 Å². The summed E-state index contributed by atoms with van der Waals surface area (Å²) in [5.41, 5.74) is 0. The Labute approximate surface area is 106 Å². The van der Waals surface area contributed by atoms with Crippen molar-refractivity contribution in [3.05, 3.63) is 36.5 Å². The lowest BCUT2D eigenvalue weighted by Gasteiger charge is -2.09. The molecular weight excluding hydrogens is 230 g/mol.